The smallest absolute Gasteiger partial charge is 0.325 e. The highest BCUT2D eigenvalue weighted by Crippen LogP contribution is 2.05. The van der Waals surface area contributed by atoms with E-state index in [1.807, 2.05) is 0 Å². The molecular formula is C16H16N2O5. The molecule has 0 atom stereocenters. The average Bonchev–Trinajstić information content (AvgIpc) is 3.05. The zero-order chi connectivity index (χ0) is 16.5. The van der Waals surface area contributed by atoms with Gasteiger partial charge in [-0.3, -0.25) is 14.9 Å². The van der Waals surface area contributed by atoms with Gasteiger partial charge in [0.2, 0.25) is 0 Å². The average molecular weight is 316 g/mol. The van der Waals surface area contributed by atoms with E-state index in [-0.39, 0.29) is 6.42 Å². The van der Waals surface area contributed by atoms with Crippen molar-refractivity contribution in [3.05, 3.63) is 54.5 Å². The number of urea groups is 1. The lowest BCUT2D eigenvalue weighted by Gasteiger charge is -2.07. The Morgan fingerprint density at radius 2 is 1.83 bits per heavy atom. The fourth-order valence-corrected chi connectivity index (χ4v) is 1.74. The molecule has 23 heavy (non-hydrogen) atoms. The van der Waals surface area contributed by atoms with Gasteiger partial charge in [-0.1, -0.05) is 18.2 Å². The zero-order valence-electron chi connectivity index (χ0n) is 12.3. The van der Waals surface area contributed by atoms with Crippen LogP contribution in [-0.2, 0) is 20.7 Å². The summed E-state index contributed by atoms with van der Waals surface area (Å²) in [4.78, 5) is 34.5. The first-order valence-electron chi connectivity index (χ1n) is 6.97. The number of furan rings is 1. The Hall–Kier alpha value is -3.09. The van der Waals surface area contributed by atoms with Gasteiger partial charge >= 0.3 is 12.0 Å². The maximum Gasteiger partial charge on any atom is 0.325 e. The van der Waals surface area contributed by atoms with Crippen molar-refractivity contribution in [3.8, 4) is 0 Å². The van der Waals surface area contributed by atoms with E-state index >= 15 is 0 Å². The SMILES string of the molecule is O=C(COC(=O)CCc1ccco1)NC(=O)Nc1ccccc1. The number of esters is 1. The maximum atomic E-state index is 11.6. The summed E-state index contributed by atoms with van der Waals surface area (Å²) < 4.78 is 9.86. The van der Waals surface area contributed by atoms with Crippen LogP contribution in [0.25, 0.3) is 0 Å². The Balaban J connectivity index is 1.64. The number of ether oxygens (including phenoxy) is 1. The quantitative estimate of drug-likeness (QED) is 0.795. The number of imide groups is 1. The normalized spacial score (nSPS) is 9.91. The number of aryl methyl sites for hydroxylation is 1. The van der Waals surface area contributed by atoms with E-state index in [2.05, 4.69) is 10.6 Å². The summed E-state index contributed by atoms with van der Waals surface area (Å²) in [5, 5.41) is 4.55. The van der Waals surface area contributed by atoms with Crippen molar-refractivity contribution >= 4 is 23.6 Å². The minimum atomic E-state index is -0.704. The monoisotopic (exact) mass is 316 g/mol. The van der Waals surface area contributed by atoms with E-state index in [0.717, 1.165) is 0 Å². The Bertz CT molecular complexity index is 652. The minimum absolute atomic E-state index is 0.0943. The van der Waals surface area contributed by atoms with Gasteiger partial charge in [-0.15, -0.1) is 0 Å². The summed E-state index contributed by atoms with van der Waals surface area (Å²) in [6.07, 6.45) is 2.00. The van der Waals surface area contributed by atoms with Gasteiger partial charge in [0.05, 0.1) is 12.7 Å². The van der Waals surface area contributed by atoms with E-state index in [4.69, 9.17) is 9.15 Å². The predicted molar refractivity (Wildman–Crippen MR) is 81.6 cm³/mol. The lowest BCUT2D eigenvalue weighted by atomic mass is 10.2. The number of benzene rings is 1. The molecule has 0 fully saturated rings. The van der Waals surface area contributed by atoms with Gasteiger partial charge in [0.25, 0.3) is 5.91 Å². The van der Waals surface area contributed by atoms with Crippen molar-refractivity contribution in [3.63, 3.8) is 0 Å². The molecule has 2 aromatic rings. The third kappa shape index (κ3) is 6.04. The summed E-state index contributed by atoms with van der Waals surface area (Å²) in [5.41, 5.74) is 0.549. The molecule has 2 N–H and O–H groups in total. The standard InChI is InChI=1S/C16H16N2O5/c19-14(18-16(21)17-12-5-2-1-3-6-12)11-23-15(20)9-8-13-7-4-10-22-13/h1-7,10H,8-9,11H2,(H2,17,18,19,21). The molecule has 0 unspecified atom stereocenters. The van der Waals surface area contributed by atoms with Crippen molar-refractivity contribution in [1.29, 1.82) is 0 Å². The first-order valence-corrected chi connectivity index (χ1v) is 6.97. The number of carbonyl (C=O) groups is 3. The van der Waals surface area contributed by atoms with Crippen LogP contribution in [0.15, 0.2) is 53.1 Å². The molecule has 3 amide bonds. The zero-order valence-corrected chi connectivity index (χ0v) is 12.3. The third-order valence-corrected chi connectivity index (χ3v) is 2.80. The Morgan fingerprint density at radius 1 is 1.04 bits per heavy atom. The molecule has 0 aliphatic heterocycles. The van der Waals surface area contributed by atoms with Crippen molar-refractivity contribution in [1.82, 2.24) is 5.32 Å². The lowest BCUT2D eigenvalue weighted by molar-refractivity contribution is -0.148. The Kier molecular flexibility index (Phi) is 5.93. The van der Waals surface area contributed by atoms with Crippen LogP contribution >= 0.6 is 0 Å². The second kappa shape index (κ2) is 8.38. The van der Waals surface area contributed by atoms with Gasteiger partial charge in [-0.05, 0) is 24.3 Å². The number of rotatable bonds is 6. The summed E-state index contributed by atoms with van der Waals surface area (Å²) in [7, 11) is 0. The molecule has 1 heterocycles. The number of amides is 3. The van der Waals surface area contributed by atoms with Crippen LogP contribution in [0.1, 0.15) is 12.2 Å². The molecular weight excluding hydrogens is 300 g/mol. The highest BCUT2D eigenvalue weighted by molar-refractivity contribution is 6.01. The van der Waals surface area contributed by atoms with E-state index in [9.17, 15) is 14.4 Å². The largest absolute Gasteiger partial charge is 0.469 e. The molecule has 0 saturated carbocycles. The van der Waals surface area contributed by atoms with Crippen LogP contribution in [-0.4, -0.2) is 24.5 Å². The molecule has 0 spiro atoms. The Morgan fingerprint density at radius 3 is 2.52 bits per heavy atom. The number of hydrogen-bond donors (Lipinski definition) is 2. The summed E-state index contributed by atoms with van der Waals surface area (Å²) >= 11 is 0. The lowest BCUT2D eigenvalue weighted by Crippen LogP contribution is -2.37. The number of nitrogens with one attached hydrogen (secondary N) is 2. The second-order valence-corrected chi connectivity index (χ2v) is 4.61. The van der Waals surface area contributed by atoms with Crippen LogP contribution in [0.2, 0.25) is 0 Å². The second-order valence-electron chi connectivity index (χ2n) is 4.61. The van der Waals surface area contributed by atoms with Crippen molar-refractivity contribution < 1.29 is 23.5 Å². The molecule has 0 radical (unpaired) electrons. The molecule has 0 bridgehead atoms. The van der Waals surface area contributed by atoms with E-state index in [1.165, 1.54) is 6.26 Å². The van der Waals surface area contributed by atoms with Crippen LogP contribution in [0.3, 0.4) is 0 Å². The third-order valence-electron chi connectivity index (χ3n) is 2.80. The van der Waals surface area contributed by atoms with E-state index in [0.29, 0.717) is 17.9 Å². The minimum Gasteiger partial charge on any atom is -0.469 e. The van der Waals surface area contributed by atoms with Gasteiger partial charge in [-0.2, -0.15) is 0 Å². The van der Waals surface area contributed by atoms with Crippen molar-refractivity contribution in [2.75, 3.05) is 11.9 Å². The number of anilines is 1. The van der Waals surface area contributed by atoms with Gasteiger partial charge in [-0.25, -0.2) is 4.79 Å². The van der Waals surface area contributed by atoms with Crippen LogP contribution in [0, 0.1) is 0 Å². The number of para-hydroxylation sites is 1. The van der Waals surface area contributed by atoms with Crippen molar-refractivity contribution in [2.45, 2.75) is 12.8 Å². The predicted octanol–water partition coefficient (Wildman–Crippen LogP) is 2.10. The molecule has 7 heteroatoms. The summed E-state index contributed by atoms with van der Waals surface area (Å²) in [5.74, 6) is -0.585. The highest BCUT2D eigenvalue weighted by Gasteiger charge is 2.11. The van der Waals surface area contributed by atoms with Crippen LogP contribution in [0.5, 0.6) is 0 Å². The highest BCUT2D eigenvalue weighted by atomic mass is 16.5. The number of hydrogen-bond acceptors (Lipinski definition) is 5. The molecule has 0 aliphatic carbocycles. The molecule has 2 rings (SSSR count). The Labute approximate surface area is 132 Å². The molecule has 0 saturated heterocycles. The van der Waals surface area contributed by atoms with Crippen LogP contribution in [0.4, 0.5) is 10.5 Å². The van der Waals surface area contributed by atoms with E-state index in [1.54, 1.807) is 42.5 Å². The first kappa shape index (κ1) is 16.3. The molecule has 1 aromatic heterocycles. The van der Waals surface area contributed by atoms with Gasteiger partial charge in [0.15, 0.2) is 6.61 Å². The first-order chi connectivity index (χ1) is 11.1. The number of carbonyl (C=O) groups excluding carboxylic acids is 3. The summed E-state index contributed by atoms with van der Waals surface area (Å²) in [6.45, 7) is -0.515. The molecule has 0 aliphatic rings. The van der Waals surface area contributed by atoms with Gasteiger partial charge in [0, 0.05) is 12.1 Å². The summed E-state index contributed by atoms with van der Waals surface area (Å²) in [6, 6.07) is 11.4. The maximum absolute atomic E-state index is 11.6. The van der Waals surface area contributed by atoms with E-state index < -0.39 is 24.5 Å². The topological polar surface area (TPSA) is 97.6 Å². The van der Waals surface area contributed by atoms with Gasteiger partial charge < -0.3 is 14.5 Å². The fraction of sp³-hybridized carbons (Fsp3) is 0.188. The van der Waals surface area contributed by atoms with Gasteiger partial charge in [0.1, 0.15) is 5.76 Å². The fourth-order valence-electron chi connectivity index (χ4n) is 1.74. The molecule has 1 aromatic carbocycles. The van der Waals surface area contributed by atoms with Crippen molar-refractivity contribution in [2.24, 2.45) is 0 Å². The van der Waals surface area contributed by atoms with Crippen LogP contribution < -0.4 is 10.6 Å². The molecule has 120 valence electrons. The molecule has 7 nitrogen and oxygen atoms in total.